The lowest BCUT2D eigenvalue weighted by Crippen LogP contribution is -2.47. The average Bonchev–Trinajstić information content (AvgIpc) is 2.40. The fraction of sp³-hybridized carbons (Fsp3) is 0.923. The summed E-state index contributed by atoms with van der Waals surface area (Å²) in [6.07, 6.45) is 4.05. The molecule has 4 N–H and O–H groups in total. The maximum absolute atomic E-state index is 12.2. The molecule has 1 saturated heterocycles. The molecule has 1 fully saturated rings. The van der Waals surface area contributed by atoms with E-state index in [1.54, 1.807) is 0 Å². The van der Waals surface area contributed by atoms with Gasteiger partial charge in [0.1, 0.15) is 0 Å². The summed E-state index contributed by atoms with van der Waals surface area (Å²) in [5.74, 6) is 0.715. The highest BCUT2D eigenvalue weighted by molar-refractivity contribution is 5.85. The Balaban J connectivity index is 0. The zero-order valence-corrected chi connectivity index (χ0v) is 13.7. The van der Waals surface area contributed by atoms with Crippen molar-refractivity contribution in [1.82, 2.24) is 10.6 Å². The van der Waals surface area contributed by atoms with E-state index in [9.17, 15) is 4.79 Å². The SMILES string of the molecule is CCC(CC)(CN)C(=O)NCC1CCCNC1.Cl.Cl. The molecule has 1 unspecified atom stereocenters. The molecular weight excluding hydrogens is 285 g/mol. The molecule has 0 aromatic carbocycles. The number of carbonyl (C=O) groups excluding carboxylic acids is 1. The Hall–Kier alpha value is -0.0300. The van der Waals surface area contributed by atoms with E-state index in [0.29, 0.717) is 12.5 Å². The summed E-state index contributed by atoms with van der Waals surface area (Å²) in [4.78, 5) is 12.2. The topological polar surface area (TPSA) is 67.2 Å². The highest BCUT2D eigenvalue weighted by Gasteiger charge is 2.33. The van der Waals surface area contributed by atoms with Crippen LogP contribution in [-0.2, 0) is 4.79 Å². The summed E-state index contributed by atoms with van der Waals surface area (Å²) in [5.41, 5.74) is 5.41. The van der Waals surface area contributed by atoms with Crippen LogP contribution >= 0.6 is 24.8 Å². The molecule has 0 aromatic heterocycles. The second kappa shape index (κ2) is 10.7. The van der Waals surface area contributed by atoms with Crippen LogP contribution in [0.4, 0.5) is 0 Å². The predicted molar refractivity (Wildman–Crippen MR) is 85.2 cm³/mol. The van der Waals surface area contributed by atoms with Crippen LogP contribution in [0.2, 0.25) is 0 Å². The van der Waals surface area contributed by atoms with Gasteiger partial charge in [-0.15, -0.1) is 24.8 Å². The van der Waals surface area contributed by atoms with Crippen LogP contribution < -0.4 is 16.4 Å². The number of halogens is 2. The van der Waals surface area contributed by atoms with Crippen LogP contribution in [0.1, 0.15) is 39.5 Å². The Morgan fingerprint density at radius 3 is 2.42 bits per heavy atom. The molecule has 1 aliphatic heterocycles. The van der Waals surface area contributed by atoms with E-state index in [-0.39, 0.29) is 36.1 Å². The Kier molecular flexibility index (Phi) is 12.0. The van der Waals surface area contributed by atoms with Gasteiger partial charge in [-0.3, -0.25) is 4.79 Å². The second-order valence-electron chi connectivity index (χ2n) is 5.11. The molecule has 6 heteroatoms. The molecule has 0 spiro atoms. The summed E-state index contributed by atoms with van der Waals surface area (Å²) in [7, 11) is 0. The van der Waals surface area contributed by atoms with E-state index in [1.165, 1.54) is 12.8 Å². The van der Waals surface area contributed by atoms with Gasteiger partial charge in [0.25, 0.3) is 0 Å². The van der Waals surface area contributed by atoms with E-state index in [1.807, 2.05) is 13.8 Å². The van der Waals surface area contributed by atoms with Crippen LogP contribution in [0.3, 0.4) is 0 Å². The molecule has 1 aliphatic rings. The van der Waals surface area contributed by atoms with Crippen LogP contribution in [0.15, 0.2) is 0 Å². The van der Waals surface area contributed by atoms with Crippen LogP contribution in [0.25, 0.3) is 0 Å². The molecule has 0 bridgehead atoms. The van der Waals surface area contributed by atoms with Crippen LogP contribution in [-0.4, -0.2) is 32.1 Å². The molecule has 116 valence electrons. The van der Waals surface area contributed by atoms with Crippen molar-refractivity contribution in [2.24, 2.45) is 17.1 Å². The third-order valence-electron chi connectivity index (χ3n) is 4.18. The van der Waals surface area contributed by atoms with Gasteiger partial charge in [-0.25, -0.2) is 0 Å². The predicted octanol–water partition coefficient (Wildman–Crippen LogP) is 1.71. The number of nitrogens with one attached hydrogen (secondary N) is 2. The molecule has 19 heavy (non-hydrogen) atoms. The standard InChI is InChI=1S/C13H27N3O.2ClH/c1-3-13(4-2,10-14)12(17)16-9-11-6-5-7-15-8-11;;/h11,15H,3-10,14H2,1-2H3,(H,16,17);2*1H. The van der Waals surface area contributed by atoms with Crippen molar-refractivity contribution in [3.63, 3.8) is 0 Å². The summed E-state index contributed by atoms with van der Waals surface area (Å²) in [5, 5.41) is 6.45. The lowest BCUT2D eigenvalue weighted by Gasteiger charge is -2.30. The Bertz CT molecular complexity index is 234. The van der Waals surface area contributed by atoms with Crippen molar-refractivity contribution in [2.45, 2.75) is 39.5 Å². The lowest BCUT2D eigenvalue weighted by molar-refractivity contribution is -0.131. The fourth-order valence-electron chi connectivity index (χ4n) is 2.48. The first-order valence-electron chi connectivity index (χ1n) is 6.87. The monoisotopic (exact) mass is 313 g/mol. The van der Waals surface area contributed by atoms with Crippen LogP contribution in [0, 0.1) is 11.3 Å². The van der Waals surface area contributed by atoms with Gasteiger partial charge in [0, 0.05) is 13.1 Å². The molecule has 0 radical (unpaired) electrons. The number of hydrogen-bond donors (Lipinski definition) is 3. The van der Waals surface area contributed by atoms with Crippen molar-refractivity contribution >= 4 is 30.7 Å². The normalized spacial score (nSPS) is 19.0. The molecule has 1 atom stereocenters. The summed E-state index contributed by atoms with van der Waals surface area (Å²) < 4.78 is 0. The van der Waals surface area contributed by atoms with Crippen molar-refractivity contribution < 1.29 is 4.79 Å². The minimum atomic E-state index is -0.359. The highest BCUT2D eigenvalue weighted by atomic mass is 35.5. The van der Waals surface area contributed by atoms with Crippen molar-refractivity contribution in [3.05, 3.63) is 0 Å². The molecule has 1 amide bonds. The second-order valence-corrected chi connectivity index (χ2v) is 5.11. The molecule has 0 saturated carbocycles. The average molecular weight is 314 g/mol. The number of rotatable bonds is 6. The minimum Gasteiger partial charge on any atom is -0.355 e. The highest BCUT2D eigenvalue weighted by Crippen LogP contribution is 2.25. The van der Waals surface area contributed by atoms with E-state index < -0.39 is 0 Å². The number of nitrogens with two attached hydrogens (primary N) is 1. The zero-order chi connectivity index (χ0) is 12.7. The van der Waals surface area contributed by atoms with Gasteiger partial charge in [-0.1, -0.05) is 13.8 Å². The van der Waals surface area contributed by atoms with Crippen molar-refractivity contribution in [1.29, 1.82) is 0 Å². The summed E-state index contributed by atoms with van der Waals surface area (Å²) in [6.45, 7) is 7.44. The van der Waals surface area contributed by atoms with Crippen molar-refractivity contribution in [3.8, 4) is 0 Å². The Labute approximate surface area is 129 Å². The summed E-state index contributed by atoms with van der Waals surface area (Å²) >= 11 is 0. The number of carbonyl (C=O) groups is 1. The molecule has 4 nitrogen and oxygen atoms in total. The maximum atomic E-state index is 12.2. The van der Waals surface area contributed by atoms with E-state index in [4.69, 9.17) is 5.73 Å². The van der Waals surface area contributed by atoms with E-state index in [2.05, 4.69) is 10.6 Å². The minimum absolute atomic E-state index is 0. The lowest BCUT2D eigenvalue weighted by atomic mass is 9.81. The maximum Gasteiger partial charge on any atom is 0.227 e. The molecule has 0 aromatic rings. The van der Waals surface area contributed by atoms with Gasteiger partial charge in [0.15, 0.2) is 0 Å². The zero-order valence-electron chi connectivity index (χ0n) is 12.0. The van der Waals surface area contributed by atoms with E-state index in [0.717, 1.165) is 32.5 Å². The molecular formula is C13H29Cl2N3O. The first-order valence-corrected chi connectivity index (χ1v) is 6.87. The van der Waals surface area contributed by atoms with Gasteiger partial charge >= 0.3 is 0 Å². The third kappa shape index (κ3) is 5.86. The molecule has 1 heterocycles. The summed E-state index contributed by atoms with van der Waals surface area (Å²) in [6, 6.07) is 0. The van der Waals surface area contributed by atoms with Gasteiger partial charge in [-0.05, 0) is 44.7 Å². The van der Waals surface area contributed by atoms with Gasteiger partial charge in [-0.2, -0.15) is 0 Å². The number of piperidine rings is 1. The van der Waals surface area contributed by atoms with Crippen molar-refractivity contribution in [2.75, 3.05) is 26.2 Å². The van der Waals surface area contributed by atoms with Gasteiger partial charge in [0.2, 0.25) is 5.91 Å². The Morgan fingerprint density at radius 2 is 2.00 bits per heavy atom. The molecule has 0 aliphatic carbocycles. The molecule has 1 rings (SSSR count). The smallest absolute Gasteiger partial charge is 0.227 e. The third-order valence-corrected chi connectivity index (χ3v) is 4.18. The quantitative estimate of drug-likeness (QED) is 0.699. The number of amides is 1. The largest absolute Gasteiger partial charge is 0.355 e. The fourth-order valence-corrected chi connectivity index (χ4v) is 2.48. The number of hydrogen-bond acceptors (Lipinski definition) is 3. The Morgan fingerprint density at radius 1 is 1.37 bits per heavy atom. The van der Waals surface area contributed by atoms with E-state index >= 15 is 0 Å². The first-order chi connectivity index (χ1) is 8.18. The van der Waals surface area contributed by atoms with Crippen LogP contribution in [0.5, 0.6) is 0 Å². The van der Waals surface area contributed by atoms with Gasteiger partial charge in [0.05, 0.1) is 5.41 Å². The van der Waals surface area contributed by atoms with Gasteiger partial charge < -0.3 is 16.4 Å². The first kappa shape index (κ1) is 21.3.